The van der Waals surface area contributed by atoms with Crippen LogP contribution in [0.5, 0.6) is 0 Å². The molecular formula is C21H23N3O2. The summed E-state index contributed by atoms with van der Waals surface area (Å²) in [5.74, 6) is 0.144. The van der Waals surface area contributed by atoms with E-state index in [0.29, 0.717) is 12.6 Å². The molecular weight excluding hydrogens is 326 g/mol. The van der Waals surface area contributed by atoms with Crippen molar-refractivity contribution in [3.8, 4) is 0 Å². The van der Waals surface area contributed by atoms with Crippen LogP contribution < -0.4 is 5.32 Å². The smallest absolute Gasteiger partial charge is 0.295 e. The fourth-order valence-corrected chi connectivity index (χ4v) is 3.35. The minimum Gasteiger partial charge on any atom is -0.424 e. The molecule has 0 spiro atoms. The van der Waals surface area contributed by atoms with Gasteiger partial charge in [0, 0.05) is 25.2 Å². The number of hydrogen-bond acceptors (Lipinski definition) is 4. The number of carbonyl (C=O) groups excluding carboxylic acids is 1. The molecule has 4 rings (SSSR count). The number of nitrogens with zero attached hydrogens (tertiary/aromatic N) is 2. The van der Waals surface area contributed by atoms with Gasteiger partial charge >= 0.3 is 0 Å². The predicted molar refractivity (Wildman–Crippen MR) is 102 cm³/mol. The molecule has 1 N–H and O–H groups in total. The van der Waals surface area contributed by atoms with E-state index in [9.17, 15) is 4.79 Å². The van der Waals surface area contributed by atoms with Gasteiger partial charge in [0.25, 0.3) is 11.9 Å². The number of oxazole rings is 1. The van der Waals surface area contributed by atoms with E-state index >= 15 is 0 Å². The first kappa shape index (κ1) is 16.6. The molecule has 1 aromatic heterocycles. The first-order valence-electron chi connectivity index (χ1n) is 9.27. The second kappa shape index (κ2) is 7.60. The molecule has 3 aromatic rings. The first-order chi connectivity index (χ1) is 12.8. The molecule has 1 aliphatic heterocycles. The Hall–Kier alpha value is -2.82. The van der Waals surface area contributed by atoms with E-state index in [-0.39, 0.29) is 5.91 Å². The van der Waals surface area contributed by atoms with Crippen LogP contribution in [0.1, 0.15) is 41.6 Å². The van der Waals surface area contributed by atoms with Crippen molar-refractivity contribution in [1.29, 1.82) is 0 Å². The first-order valence-corrected chi connectivity index (χ1v) is 9.27. The molecule has 5 heteroatoms. The highest BCUT2D eigenvalue weighted by Crippen LogP contribution is 2.19. The number of anilines is 1. The number of aromatic nitrogens is 1. The molecule has 0 atom stereocenters. The Morgan fingerprint density at radius 3 is 2.46 bits per heavy atom. The number of para-hydroxylation sites is 2. The third-order valence-corrected chi connectivity index (χ3v) is 4.83. The molecule has 1 aliphatic rings. The Balaban J connectivity index is 1.38. The van der Waals surface area contributed by atoms with Gasteiger partial charge in [0.2, 0.25) is 0 Å². The fourth-order valence-electron chi connectivity index (χ4n) is 3.35. The summed E-state index contributed by atoms with van der Waals surface area (Å²) in [6, 6.07) is 16.0. The molecule has 2 aromatic carbocycles. The summed E-state index contributed by atoms with van der Waals surface area (Å²) in [5, 5.41) is 3.20. The van der Waals surface area contributed by atoms with Gasteiger partial charge in [-0.05, 0) is 42.7 Å². The zero-order valence-electron chi connectivity index (χ0n) is 14.8. The second-order valence-corrected chi connectivity index (χ2v) is 6.74. The largest absolute Gasteiger partial charge is 0.424 e. The number of amides is 1. The molecule has 26 heavy (non-hydrogen) atoms. The number of benzene rings is 2. The standard InChI is InChI=1S/C21H23N3O2/c25-20(24-13-5-1-2-6-14-24)17-11-9-16(10-12-17)15-22-21-23-18-7-3-4-8-19(18)26-21/h3-4,7-12H,1-2,5-6,13-15H2,(H,22,23). The minimum absolute atomic E-state index is 0.144. The van der Waals surface area contributed by atoms with Gasteiger partial charge in [-0.3, -0.25) is 4.79 Å². The van der Waals surface area contributed by atoms with E-state index in [1.165, 1.54) is 12.8 Å². The van der Waals surface area contributed by atoms with Crippen molar-refractivity contribution in [3.05, 3.63) is 59.7 Å². The van der Waals surface area contributed by atoms with Gasteiger partial charge in [-0.2, -0.15) is 4.98 Å². The third-order valence-electron chi connectivity index (χ3n) is 4.83. The maximum Gasteiger partial charge on any atom is 0.295 e. The molecule has 2 heterocycles. The summed E-state index contributed by atoms with van der Waals surface area (Å²) in [4.78, 5) is 19.0. The van der Waals surface area contributed by atoms with Gasteiger partial charge in [0.15, 0.2) is 5.58 Å². The van der Waals surface area contributed by atoms with Gasteiger partial charge in [0.1, 0.15) is 5.52 Å². The van der Waals surface area contributed by atoms with Crippen LogP contribution in [-0.2, 0) is 6.54 Å². The van der Waals surface area contributed by atoms with Crippen molar-refractivity contribution in [1.82, 2.24) is 9.88 Å². The lowest BCUT2D eigenvalue weighted by atomic mass is 10.1. The molecule has 5 nitrogen and oxygen atoms in total. The molecule has 1 amide bonds. The molecule has 0 aliphatic carbocycles. The summed E-state index contributed by atoms with van der Waals surface area (Å²) in [5.41, 5.74) is 3.46. The summed E-state index contributed by atoms with van der Waals surface area (Å²) in [6.07, 6.45) is 4.67. The summed E-state index contributed by atoms with van der Waals surface area (Å²) in [7, 11) is 0. The maximum atomic E-state index is 12.6. The van der Waals surface area contributed by atoms with E-state index in [4.69, 9.17) is 4.42 Å². The van der Waals surface area contributed by atoms with Crippen LogP contribution in [0.3, 0.4) is 0 Å². The Bertz CT molecular complexity index is 845. The van der Waals surface area contributed by atoms with Crippen molar-refractivity contribution in [2.45, 2.75) is 32.2 Å². The number of hydrogen-bond donors (Lipinski definition) is 1. The Morgan fingerprint density at radius 2 is 1.73 bits per heavy atom. The minimum atomic E-state index is 0.144. The highest BCUT2D eigenvalue weighted by molar-refractivity contribution is 5.94. The Morgan fingerprint density at radius 1 is 1.00 bits per heavy atom. The number of nitrogens with one attached hydrogen (secondary N) is 1. The van der Waals surface area contributed by atoms with E-state index in [1.807, 2.05) is 53.4 Å². The van der Waals surface area contributed by atoms with Crippen LogP contribution in [0.15, 0.2) is 52.9 Å². The van der Waals surface area contributed by atoms with E-state index in [0.717, 1.165) is 48.2 Å². The maximum absolute atomic E-state index is 12.6. The number of carbonyl (C=O) groups is 1. The monoisotopic (exact) mass is 349 g/mol. The number of fused-ring (bicyclic) bond motifs is 1. The third kappa shape index (κ3) is 3.72. The average Bonchev–Trinajstić information content (AvgIpc) is 2.90. The van der Waals surface area contributed by atoms with Crippen LogP contribution in [-0.4, -0.2) is 28.9 Å². The highest BCUT2D eigenvalue weighted by Gasteiger charge is 2.17. The van der Waals surface area contributed by atoms with Crippen molar-refractivity contribution < 1.29 is 9.21 Å². The SMILES string of the molecule is O=C(c1ccc(CNc2nc3ccccc3o2)cc1)N1CCCCCC1. The zero-order valence-corrected chi connectivity index (χ0v) is 14.8. The molecule has 1 saturated heterocycles. The lowest BCUT2D eigenvalue weighted by molar-refractivity contribution is 0.0761. The van der Waals surface area contributed by atoms with Crippen LogP contribution in [0, 0.1) is 0 Å². The summed E-state index contributed by atoms with van der Waals surface area (Å²) >= 11 is 0. The lowest BCUT2D eigenvalue weighted by Gasteiger charge is -2.20. The van der Waals surface area contributed by atoms with E-state index < -0.39 is 0 Å². The highest BCUT2D eigenvalue weighted by atomic mass is 16.4. The van der Waals surface area contributed by atoms with E-state index in [2.05, 4.69) is 10.3 Å². The van der Waals surface area contributed by atoms with Crippen molar-refractivity contribution in [2.24, 2.45) is 0 Å². The van der Waals surface area contributed by atoms with Gasteiger partial charge in [-0.1, -0.05) is 37.1 Å². The molecule has 0 unspecified atom stereocenters. The Labute approximate surface area is 153 Å². The predicted octanol–water partition coefficient (Wildman–Crippen LogP) is 4.46. The fraction of sp³-hybridized carbons (Fsp3) is 0.333. The summed E-state index contributed by atoms with van der Waals surface area (Å²) in [6.45, 7) is 2.35. The van der Waals surface area contributed by atoms with Crippen LogP contribution in [0.4, 0.5) is 6.01 Å². The van der Waals surface area contributed by atoms with Crippen molar-refractivity contribution >= 4 is 23.0 Å². The van der Waals surface area contributed by atoms with Gasteiger partial charge < -0.3 is 14.6 Å². The molecule has 0 bridgehead atoms. The molecule has 0 saturated carbocycles. The molecule has 134 valence electrons. The normalized spacial score (nSPS) is 15.0. The zero-order chi connectivity index (χ0) is 17.8. The molecule has 0 radical (unpaired) electrons. The summed E-state index contributed by atoms with van der Waals surface area (Å²) < 4.78 is 5.66. The average molecular weight is 349 g/mol. The van der Waals surface area contributed by atoms with Gasteiger partial charge in [0.05, 0.1) is 0 Å². The Kier molecular flexibility index (Phi) is 4.86. The van der Waals surface area contributed by atoms with Gasteiger partial charge in [-0.15, -0.1) is 0 Å². The van der Waals surface area contributed by atoms with Crippen LogP contribution >= 0.6 is 0 Å². The van der Waals surface area contributed by atoms with E-state index in [1.54, 1.807) is 0 Å². The molecule has 1 fully saturated rings. The van der Waals surface area contributed by atoms with Gasteiger partial charge in [-0.25, -0.2) is 0 Å². The number of rotatable bonds is 4. The van der Waals surface area contributed by atoms with Crippen molar-refractivity contribution in [2.75, 3.05) is 18.4 Å². The second-order valence-electron chi connectivity index (χ2n) is 6.74. The lowest BCUT2D eigenvalue weighted by Crippen LogP contribution is -2.31. The topological polar surface area (TPSA) is 58.4 Å². The quantitative estimate of drug-likeness (QED) is 0.756. The number of likely N-dealkylation sites (tertiary alicyclic amines) is 1. The van der Waals surface area contributed by atoms with Crippen molar-refractivity contribution in [3.63, 3.8) is 0 Å². The van der Waals surface area contributed by atoms with Crippen LogP contribution in [0.25, 0.3) is 11.1 Å². The van der Waals surface area contributed by atoms with Crippen LogP contribution in [0.2, 0.25) is 0 Å².